The minimum absolute atomic E-state index is 0.0327. The van der Waals surface area contributed by atoms with Gasteiger partial charge < -0.3 is 9.80 Å². The van der Waals surface area contributed by atoms with Crippen LogP contribution in [0.3, 0.4) is 0 Å². The number of benzene rings is 2. The molecule has 2 aliphatic rings. The predicted molar refractivity (Wildman–Crippen MR) is 82.5 cm³/mol. The van der Waals surface area contributed by atoms with Crippen LogP contribution in [0.2, 0.25) is 0 Å². The molecule has 2 aliphatic heterocycles. The maximum absolute atomic E-state index is 12.8. The summed E-state index contributed by atoms with van der Waals surface area (Å²) in [6.45, 7) is 0. The molecule has 2 aromatic rings. The van der Waals surface area contributed by atoms with Gasteiger partial charge in [-0.25, -0.2) is 0 Å². The molecule has 2 heterocycles. The van der Waals surface area contributed by atoms with E-state index in [0.717, 1.165) is 16.7 Å². The average Bonchev–Trinajstić information content (AvgIpc) is 2.76. The lowest BCUT2D eigenvalue weighted by molar-refractivity contribution is -0.00838. The van der Waals surface area contributed by atoms with Gasteiger partial charge in [0.2, 0.25) is 0 Å². The van der Waals surface area contributed by atoms with E-state index in [0.29, 0.717) is 12.0 Å². The van der Waals surface area contributed by atoms with Gasteiger partial charge in [-0.15, -0.1) is 0 Å². The van der Waals surface area contributed by atoms with Crippen LogP contribution in [0.5, 0.6) is 0 Å². The van der Waals surface area contributed by atoms with Gasteiger partial charge in [-0.05, 0) is 17.7 Å². The molecule has 1 spiro atoms. The molecular weight excluding hydrogens is 276 g/mol. The molecule has 0 N–H and O–H groups in total. The van der Waals surface area contributed by atoms with Crippen LogP contribution in [-0.4, -0.2) is 35.7 Å². The van der Waals surface area contributed by atoms with Crippen molar-refractivity contribution in [2.24, 2.45) is 0 Å². The van der Waals surface area contributed by atoms with E-state index < -0.39 is 5.66 Å². The van der Waals surface area contributed by atoms with E-state index >= 15 is 0 Å². The molecule has 4 heteroatoms. The zero-order valence-corrected chi connectivity index (χ0v) is 12.5. The summed E-state index contributed by atoms with van der Waals surface area (Å²) >= 11 is 0. The highest BCUT2D eigenvalue weighted by Crippen LogP contribution is 2.45. The number of rotatable bonds is 0. The molecule has 0 aromatic heterocycles. The van der Waals surface area contributed by atoms with Crippen molar-refractivity contribution >= 4 is 11.8 Å². The fraction of sp³-hybridized carbons (Fsp3) is 0.222. The Bertz CT molecular complexity index is 814. The van der Waals surface area contributed by atoms with Crippen molar-refractivity contribution in [1.82, 2.24) is 9.80 Å². The van der Waals surface area contributed by atoms with Crippen LogP contribution < -0.4 is 0 Å². The Morgan fingerprint density at radius 3 is 2.09 bits per heavy atom. The molecule has 0 saturated heterocycles. The summed E-state index contributed by atoms with van der Waals surface area (Å²) in [4.78, 5) is 28.9. The number of amides is 2. The molecule has 0 aliphatic carbocycles. The van der Waals surface area contributed by atoms with Crippen molar-refractivity contribution in [1.29, 1.82) is 0 Å². The van der Waals surface area contributed by atoms with Crippen molar-refractivity contribution in [3.05, 3.63) is 70.8 Å². The molecule has 22 heavy (non-hydrogen) atoms. The van der Waals surface area contributed by atoms with Gasteiger partial charge in [-0.2, -0.15) is 0 Å². The number of carbonyl (C=O) groups is 2. The molecule has 0 radical (unpaired) electrons. The lowest BCUT2D eigenvalue weighted by atomic mass is 9.84. The normalized spacial score (nSPS) is 23.0. The third-order valence-electron chi connectivity index (χ3n) is 4.99. The molecule has 0 fully saturated rings. The highest BCUT2D eigenvalue weighted by molar-refractivity contribution is 6.03. The quantitative estimate of drug-likeness (QED) is 0.747. The molecule has 4 nitrogen and oxygen atoms in total. The molecule has 1 unspecified atom stereocenters. The van der Waals surface area contributed by atoms with Crippen molar-refractivity contribution in [3.63, 3.8) is 0 Å². The Morgan fingerprint density at radius 2 is 1.36 bits per heavy atom. The Kier molecular flexibility index (Phi) is 2.49. The summed E-state index contributed by atoms with van der Waals surface area (Å²) < 4.78 is 0. The summed E-state index contributed by atoms with van der Waals surface area (Å²) in [5, 5.41) is 0. The molecule has 2 amide bonds. The molecule has 0 saturated carbocycles. The van der Waals surface area contributed by atoms with Crippen LogP contribution in [-0.2, 0) is 12.1 Å². The van der Waals surface area contributed by atoms with Crippen LogP contribution in [0.25, 0.3) is 0 Å². The SMILES string of the molecule is CN1C(=O)c2ccccc2CC12c1ccccc1C(=O)N2C. The topological polar surface area (TPSA) is 40.6 Å². The fourth-order valence-corrected chi connectivity index (χ4v) is 3.78. The van der Waals surface area contributed by atoms with Crippen LogP contribution in [0, 0.1) is 0 Å². The zero-order valence-electron chi connectivity index (χ0n) is 12.5. The first-order chi connectivity index (χ1) is 10.6. The highest BCUT2D eigenvalue weighted by atomic mass is 16.2. The number of nitrogens with zero attached hydrogens (tertiary/aromatic N) is 2. The van der Waals surface area contributed by atoms with E-state index in [4.69, 9.17) is 0 Å². The number of hydrogen-bond acceptors (Lipinski definition) is 2. The summed E-state index contributed by atoms with van der Waals surface area (Å²) in [5.74, 6) is -0.0761. The molecule has 2 aromatic carbocycles. The first kappa shape index (κ1) is 13.1. The van der Waals surface area contributed by atoms with Crippen LogP contribution >= 0.6 is 0 Å². The van der Waals surface area contributed by atoms with Gasteiger partial charge >= 0.3 is 0 Å². The molecule has 4 rings (SSSR count). The second-order valence-electron chi connectivity index (χ2n) is 5.92. The molecule has 0 bridgehead atoms. The monoisotopic (exact) mass is 292 g/mol. The maximum Gasteiger partial charge on any atom is 0.256 e. The number of fused-ring (bicyclic) bond motifs is 3. The van der Waals surface area contributed by atoms with Gasteiger partial charge in [0, 0.05) is 37.2 Å². The van der Waals surface area contributed by atoms with Crippen molar-refractivity contribution in [3.8, 4) is 0 Å². The van der Waals surface area contributed by atoms with E-state index in [2.05, 4.69) is 0 Å². The lowest BCUT2D eigenvalue weighted by Crippen LogP contribution is -2.59. The molecular formula is C18H16N2O2. The Hall–Kier alpha value is -2.62. The van der Waals surface area contributed by atoms with E-state index in [1.165, 1.54) is 0 Å². The first-order valence-electron chi connectivity index (χ1n) is 7.31. The largest absolute Gasteiger partial charge is 0.314 e. The van der Waals surface area contributed by atoms with Crippen LogP contribution in [0.4, 0.5) is 0 Å². The van der Waals surface area contributed by atoms with Crippen molar-refractivity contribution in [2.45, 2.75) is 12.1 Å². The molecule has 110 valence electrons. The van der Waals surface area contributed by atoms with Gasteiger partial charge in [0.25, 0.3) is 11.8 Å². The van der Waals surface area contributed by atoms with Gasteiger partial charge in [-0.3, -0.25) is 9.59 Å². The summed E-state index contributed by atoms with van der Waals surface area (Å²) in [5.41, 5.74) is 2.58. The van der Waals surface area contributed by atoms with E-state index in [9.17, 15) is 9.59 Å². The van der Waals surface area contributed by atoms with Crippen molar-refractivity contribution in [2.75, 3.05) is 14.1 Å². The first-order valence-corrected chi connectivity index (χ1v) is 7.31. The smallest absolute Gasteiger partial charge is 0.256 e. The number of hydrogen-bond donors (Lipinski definition) is 0. The third kappa shape index (κ3) is 1.37. The van der Waals surface area contributed by atoms with Gasteiger partial charge in [-0.1, -0.05) is 36.4 Å². The van der Waals surface area contributed by atoms with Crippen LogP contribution in [0.15, 0.2) is 48.5 Å². The van der Waals surface area contributed by atoms with Gasteiger partial charge in [0.1, 0.15) is 5.66 Å². The Balaban J connectivity index is 2.00. The highest BCUT2D eigenvalue weighted by Gasteiger charge is 2.54. The number of likely N-dealkylation sites (N-methyl/N-ethyl adjacent to an activating group) is 2. The maximum atomic E-state index is 12.8. The zero-order chi connectivity index (χ0) is 15.5. The second kappa shape index (κ2) is 4.19. The van der Waals surface area contributed by atoms with Crippen molar-refractivity contribution < 1.29 is 9.59 Å². The Labute approximate surface area is 129 Å². The van der Waals surface area contributed by atoms with Crippen LogP contribution in [0.1, 0.15) is 31.8 Å². The minimum Gasteiger partial charge on any atom is -0.314 e. The van der Waals surface area contributed by atoms with Gasteiger partial charge in [0.05, 0.1) is 0 Å². The fourth-order valence-electron chi connectivity index (χ4n) is 3.78. The summed E-state index contributed by atoms with van der Waals surface area (Å²) in [7, 11) is 3.56. The second-order valence-corrected chi connectivity index (χ2v) is 5.92. The summed E-state index contributed by atoms with van der Waals surface area (Å²) in [6, 6.07) is 15.2. The van der Waals surface area contributed by atoms with E-state index in [1.54, 1.807) is 23.9 Å². The predicted octanol–water partition coefficient (Wildman–Crippen LogP) is 2.25. The van der Waals surface area contributed by atoms with Gasteiger partial charge in [0.15, 0.2) is 0 Å². The average molecular weight is 292 g/mol. The lowest BCUT2D eigenvalue weighted by Gasteiger charge is -2.47. The third-order valence-corrected chi connectivity index (χ3v) is 4.99. The number of carbonyl (C=O) groups excluding carboxylic acids is 2. The van der Waals surface area contributed by atoms with E-state index in [1.807, 2.05) is 48.5 Å². The molecule has 1 atom stereocenters. The minimum atomic E-state index is -0.723. The summed E-state index contributed by atoms with van der Waals surface area (Å²) in [6.07, 6.45) is 0.616. The standard InChI is InChI=1S/C18H16N2O2/c1-19-16(21)13-8-4-3-7-12(13)11-18(19)15-10-6-5-9-14(15)17(22)20(18)2/h3-10H,11H2,1-2H3. The Morgan fingerprint density at radius 1 is 0.818 bits per heavy atom. The van der Waals surface area contributed by atoms with E-state index in [-0.39, 0.29) is 11.8 Å².